The van der Waals surface area contributed by atoms with Gasteiger partial charge in [0, 0.05) is 16.8 Å². The number of nitrogens with zero attached hydrogens (tertiary/aromatic N) is 1. The molecule has 0 amide bonds. The predicted octanol–water partition coefficient (Wildman–Crippen LogP) is 4.81. The summed E-state index contributed by atoms with van der Waals surface area (Å²) in [6.07, 6.45) is 1.44. The summed E-state index contributed by atoms with van der Waals surface area (Å²) in [7, 11) is -4.11. The number of hydrogen-bond acceptors (Lipinski definition) is 4. The van der Waals surface area contributed by atoms with Gasteiger partial charge in [0.2, 0.25) is 5.78 Å². The molecule has 0 unspecified atom stereocenters. The number of carbonyl (C=O) groups excluding carboxylic acids is 1. The van der Waals surface area contributed by atoms with Gasteiger partial charge in [-0.1, -0.05) is 42.0 Å². The van der Waals surface area contributed by atoms with E-state index in [1.807, 2.05) is 32.0 Å². The van der Waals surface area contributed by atoms with E-state index < -0.39 is 15.8 Å². The van der Waals surface area contributed by atoms with Gasteiger partial charge in [-0.25, -0.2) is 4.39 Å². The van der Waals surface area contributed by atoms with Crippen molar-refractivity contribution in [2.24, 2.45) is 4.40 Å². The Morgan fingerprint density at radius 1 is 0.903 bits per heavy atom. The maximum Gasteiger partial charge on any atom is 0.282 e. The number of sulfonamides is 1. The smallest absolute Gasteiger partial charge is 0.282 e. The number of aryl methyl sites for hydroxylation is 2. The van der Waals surface area contributed by atoms with Crippen LogP contribution >= 0.6 is 0 Å². The van der Waals surface area contributed by atoms with Crippen molar-refractivity contribution in [1.29, 1.82) is 0 Å². The molecule has 1 aliphatic rings. The minimum absolute atomic E-state index is 0.131. The van der Waals surface area contributed by atoms with Gasteiger partial charge in [-0.3, -0.25) is 4.79 Å². The molecule has 0 saturated carbocycles. The highest BCUT2D eigenvalue weighted by atomic mass is 32.2. The van der Waals surface area contributed by atoms with Crippen LogP contribution in [0.4, 0.5) is 10.1 Å². The molecule has 1 N–H and O–H groups in total. The van der Waals surface area contributed by atoms with Crippen molar-refractivity contribution < 1.29 is 17.6 Å². The highest BCUT2D eigenvalue weighted by Gasteiger charge is 2.26. The minimum atomic E-state index is -4.11. The molecule has 1 aliphatic carbocycles. The van der Waals surface area contributed by atoms with Gasteiger partial charge in [-0.2, -0.15) is 12.8 Å². The lowest BCUT2D eigenvalue weighted by Gasteiger charge is -2.19. The van der Waals surface area contributed by atoms with Gasteiger partial charge < -0.3 is 5.32 Å². The lowest BCUT2D eigenvalue weighted by molar-refractivity contribution is 0.103. The van der Waals surface area contributed by atoms with Crippen LogP contribution < -0.4 is 5.32 Å². The zero-order chi connectivity index (χ0) is 22.2. The molecule has 0 fully saturated rings. The van der Waals surface area contributed by atoms with Crippen molar-refractivity contribution in [3.8, 4) is 0 Å². The second kappa shape index (κ2) is 7.92. The Labute approximate surface area is 180 Å². The molecule has 5 nitrogen and oxygen atoms in total. The van der Waals surface area contributed by atoms with Gasteiger partial charge in [0.15, 0.2) is 0 Å². The van der Waals surface area contributed by atoms with E-state index in [-0.39, 0.29) is 22.1 Å². The molecule has 0 aromatic heterocycles. The van der Waals surface area contributed by atoms with E-state index in [0.29, 0.717) is 11.1 Å². The van der Waals surface area contributed by atoms with E-state index in [0.717, 1.165) is 41.1 Å². The summed E-state index contributed by atoms with van der Waals surface area (Å²) in [5.74, 6) is -0.797. The monoisotopic (exact) mass is 434 g/mol. The molecule has 0 spiro atoms. The van der Waals surface area contributed by atoms with Crippen molar-refractivity contribution in [3.63, 3.8) is 0 Å². The first-order valence-corrected chi connectivity index (χ1v) is 11.0. The summed E-state index contributed by atoms with van der Waals surface area (Å²) in [4.78, 5) is 12.9. The van der Waals surface area contributed by atoms with E-state index >= 15 is 0 Å². The van der Waals surface area contributed by atoms with Crippen LogP contribution in [0.2, 0.25) is 0 Å². The SMILES string of the molecule is Cc1ccc(NC2=C/C(=N\S(=O)(=O)c3ccc(F)cc3)c3ccccc3C2=O)c(C)c1. The van der Waals surface area contributed by atoms with E-state index in [9.17, 15) is 17.6 Å². The molecule has 156 valence electrons. The average Bonchev–Trinajstić information content (AvgIpc) is 2.73. The fraction of sp³-hybridized carbons (Fsp3) is 0.0833. The molecule has 4 rings (SSSR count). The number of hydrogen-bond donors (Lipinski definition) is 1. The van der Waals surface area contributed by atoms with Crippen LogP contribution in [-0.2, 0) is 10.0 Å². The summed E-state index contributed by atoms with van der Waals surface area (Å²) in [6.45, 7) is 3.90. The lowest BCUT2D eigenvalue weighted by atomic mass is 9.92. The number of fused-ring (bicyclic) bond motifs is 1. The standard InChI is InChI=1S/C24H19FN2O3S/c1-15-7-12-21(16(2)13-15)26-23-14-22(19-5-3-4-6-20(19)24(23)28)27-31(29,30)18-10-8-17(25)9-11-18/h3-14,26H,1-2H3/b27-22+. The third kappa shape index (κ3) is 4.18. The van der Waals surface area contributed by atoms with Crippen LogP contribution in [0, 0.1) is 19.7 Å². The second-order valence-electron chi connectivity index (χ2n) is 7.28. The van der Waals surface area contributed by atoms with Crippen molar-refractivity contribution >= 4 is 27.2 Å². The van der Waals surface area contributed by atoms with Crippen molar-refractivity contribution in [3.05, 3.63) is 107 Å². The number of anilines is 1. The molecule has 0 atom stereocenters. The zero-order valence-corrected chi connectivity index (χ0v) is 17.7. The first-order valence-electron chi connectivity index (χ1n) is 9.55. The zero-order valence-electron chi connectivity index (χ0n) is 16.9. The number of ketones is 1. The van der Waals surface area contributed by atoms with Crippen LogP contribution in [0.3, 0.4) is 0 Å². The van der Waals surface area contributed by atoms with Gasteiger partial charge in [-0.15, -0.1) is 0 Å². The van der Waals surface area contributed by atoms with Crippen LogP contribution in [-0.4, -0.2) is 19.9 Å². The van der Waals surface area contributed by atoms with E-state index in [1.165, 1.54) is 6.08 Å². The minimum Gasteiger partial charge on any atom is -0.352 e. The maximum absolute atomic E-state index is 13.2. The molecule has 3 aromatic carbocycles. The Balaban J connectivity index is 1.82. The van der Waals surface area contributed by atoms with Crippen molar-refractivity contribution in [2.45, 2.75) is 18.7 Å². The third-order valence-corrected chi connectivity index (χ3v) is 6.26. The van der Waals surface area contributed by atoms with E-state index in [4.69, 9.17) is 0 Å². The number of carbonyl (C=O) groups is 1. The molecule has 0 heterocycles. The van der Waals surface area contributed by atoms with Crippen molar-refractivity contribution in [2.75, 3.05) is 5.32 Å². The summed E-state index contributed by atoms with van der Waals surface area (Å²) in [5, 5.41) is 3.12. The van der Waals surface area contributed by atoms with Gasteiger partial charge in [0.25, 0.3) is 10.0 Å². The normalized spacial score (nSPS) is 14.9. The summed E-state index contributed by atoms with van der Waals surface area (Å²) in [5.41, 5.74) is 3.90. The number of Topliss-reactive ketones (excluding diaryl/α,β-unsaturated/α-hetero) is 1. The lowest BCUT2D eigenvalue weighted by Crippen LogP contribution is -2.23. The number of allylic oxidation sites excluding steroid dienone is 2. The Hall–Kier alpha value is -3.58. The van der Waals surface area contributed by atoms with Gasteiger partial charge in [0.05, 0.1) is 16.3 Å². The number of nitrogens with one attached hydrogen (secondary N) is 1. The molecule has 0 aliphatic heterocycles. The summed E-state index contributed by atoms with van der Waals surface area (Å²) >= 11 is 0. The van der Waals surface area contributed by atoms with Crippen LogP contribution in [0.25, 0.3) is 0 Å². The van der Waals surface area contributed by atoms with Gasteiger partial charge in [0.1, 0.15) is 5.82 Å². The molecule has 0 saturated heterocycles. The Kier molecular flexibility index (Phi) is 5.29. The fourth-order valence-corrected chi connectivity index (χ4v) is 4.38. The number of halogens is 1. The highest BCUT2D eigenvalue weighted by molar-refractivity contribution is 7.90. The first-order chi connectivity index (χ1) is 14.7. The van der Waals surface area contributed by atoms with Crippen LogP contribution in [0.15, 0.2) is 87.8 Å². The quantitative estimate of drug-likeness (QED) is 0.639. The van der Waals surface area contributed by atoms with Crippen LogP contribution in [0.5, 0.6) is 0 Å². The Bertz CT molecular complexity index is 1360. The average molecular weight is 434 g/mol. The molecular formula is C24H19FN2O3S. The summed E-state index contributed by atoms with van der Waals surface area (Å²) < 4.78 is 42.8. The second-order valence-corrected chi connectivity index (χ2v) is 8.89. The third-order valence-electron chi connectivity index (χ3n) is 4.95. The number of rotatable bonds is 4. The van der Waals surface area contributed by atoms with E-state index in [1.54, 1.807) is 24.3 Å². The fourth-order valence-electron chi connectivity index (χ4n) is 3.39. The largest absolute Gasteiger partial charge is 0.352 e. The topological polar surface area (TPSA) is 75.6 Å². The molecule has 0 bridgehead atoms. The maximum atomic E-state index is 13.2. The van der Waals surface area contributed by atoms with Crippen LogP contribution in [0.1, 0.15) is 27.0 Å². The molecular weight excluding hydrogens is 415 g/mol. The van der Waals surface area contributed by atoms with Gasteiger partial charge in [-0.05, 0) is 55.8 Å². The van der Waals surface area contributed by atoms with E-state index in [2.05, 4.69) is 9.71 Å². The summed E-state index contributed by atoms with van der Waals surface area (Å²) in [6, 6.07) is 16.9. The molecule has 0 radical (unpaired) electrons. The Morgan fingerprint density at radius 2 is 1.58 bits per heavy atom. The first kappa shape index (κ1) is 20.7. The Morgan fingerprint density at radius 3 is 2.26 bits per heavy atom. The molecule has 31 heavy (non-hydrogen) atoms. The predicted molar refractivity (Wildman–Crippen MR) is 119 cm³/mol. The number of benzene rings is 3. The molecule has 7 heteroatoms. The molecule has 3 aromatic rings. The van der Waals surface area contributed by atoms with Crippen molar-refractivity contribution in [1.82, 2.24) is 0 Å². The highest BCUT2D eigenvalue weighted by Crippen LogP contribution is 2.26. The van der Waals surface area contributed by atoms with Gasteiger partial charge >= 0.3 is 0 Å².